The number of ether oxygens (including phenoxy) is 4. The zero-order chi connectivity index (χ0) is 61.1. The molecule has 0 spiro atoms. The number of aromatic nitrogens is 5. The van der Waals surface area contributed by atoms with Gasteiger partial charge in [-0.2, -0.15) is 15.0 Å². The van der Waals surface area contributed by atoms with Gasteiger partial charge in [-0.25, -0.2) is 17.8 Å². The molecule has 0 bridgehead atoms. The monoisotopic (exact) mass is 1250 g/mol. The Hall–Kier alpha value is -6.94. The molecule has 460 valence electrons. The summed E-state index contributed by atoms with van der Waals surface area (Å²) in [5, 5.41) is 38.3. The number of sulfone groups is 1. The van der Waals surface area contributed by atoms with Crippen LogP contribution in [0.4, 0.5) is 30.5 Å². The van der Waals surface area contributed by atoms with E-state index in [-0.39, 0.29) is 95.2 Å². The second kappa shape index (κ2) is 25.8. The lowest BCUT2D eigenvalue weighted by molar-refractivity contribution is -0.287. The fourth-order valence-corrected chi connectivity index (χ4v) is 12.3. The van der Waals surface area contributed by atoms with E-state index >= 15 is 0 Å². The maximum atomic E-state index is 14.8. The number of alkyl halides is 3. The SMILES string of the molecule is Cc1ncsc1-c1ccc(CNC(O)[C@@H]2C[C@@H](O)CN2C(=O)[C@@H](NC(=O)C2(F)CC2)C(C)(C)C)c(OCCCCCOc2nc(Nc3cc(S(C)(=O)=O)ccc3N[C@@H](c3cccc4c3OC(F)(F)O4)c3ncccc3Cl)nc(C3CCNCC3)n2)c1. The third-order valence-electron chi connectivity index (χ3n) is 15.4. The fourth-order valence-electron chi connectivity index (χ4n) is 10.6. The van der Waals surface area contributed by atoms with Gasteiger partial charge in [0.15, 0.2) is 27.0 Å². The highest BCUT2D eigenvalue weighted by Gasteiger charge is 2.53. The molecule has 2 saturated heterocycles. The van der Waals surface area contributed by atoms with E-state index in [0.29, 0.717) is 43.1 Å². The van der Waals surface area contributed by atoms with Crippen molar-refractivity contribution >= 4 is 61.9 Å². The summed E-state index contributed by atoms with van der Waals surface area (Å²) in [5.74, 6) is -0.776. The molecule has 3 fully saturated rings. The van der Waals surface area contributed by atoms with Gasteiger partial charge in [-0.1, -0.05) is 56.6 Å². The van der Waals surface area contributed by atoms with Gasteiger partial charge in [0, 0.05) is 42.6 Å². The number of hydrogen-bond donors (Lipinski definition) is 7. The summed E-state index contributed by atoms with van der Waals surface area (Å²) in [7, 11) is -3.77. The average Bonchev–Trinajstić information content (AvgIpc) is 1.87. The van der Waals surface area contributed by atoms with Crippen LogP contribution in [0, 0.1) is 12.3 Å². The van der Waals surface area contributed by atoms with Crippen molar-refractivity contribution in [1.29, 1.82) is 0 Å². The number of thiazole rings is 1. The number of likely N-dealkylation sites (tertiary alicyclic amines) is 1. The lowest BCUT2D eigenvalue weighted by Crippen LogP contribution is -2.59. The Morgan fingerprint density at radius 3 is 2.43 bits per heavy atom. The highest BCUT2D eigenvalue weighted by Crippen LogP contribution is 2.48. The van der Waals surface area contributed by atoms with Crippen LogP contribution in [0.3, 0.4) is 0 Å². The number of aryl methyl sites for hydroxylation is 1. The number of nitrogens with one attached hydrogen (secondary N) is 5. The predicted molar refractivity (Wildman–Crippen MR) is 315 cm³/mol. The second-order valence-electron chi connectivity index (χ2n) is 23.1. The quantitative estimate of drug-likeness (QED) is 0.0221. The van der Waals surface area contributed by atoms with Crippen molar-refractivity contribution in [2.75, 3.05) is 49.7 Å². The van der Waals surface area contributed by atoms with E-state index in [1.165, 1.54) is 52.8 Å². The normalized spacial score (nSPS) is 19.1. The number of para-hydroxylation sites is 1. The van der Waals surface area contributed by atoms with Gasteiger partial charge in [0.25, 0.3) is 5.91 Å². The molecule has 3 aliphatic heterocycles. The van der Waals surface area contributed by atoms with E-state index in [1.54, 1.807) is 44.5 Å². The number of carbonyl (C=O) groups is 2. The Labute approximate surface area is 505 Å². The van der Waals surface area contributed by atoms with Crippen molar-refractivity contribution in [3.63, 3.8) is 0 Å². The van der Waals surface area contributed by atoms with Crippen LogP contribution in [0.25, 0.3) is 10.4 Å². The number of unbranched alkanes of at least 4 members (excludes halogenated alkanes) is 2. The number of nitrogens with zero attached hydrogens (tertiary/aromatic N) is 6. The standard InChI is InChI=1S/C59H69ClF3N11O10S2/c1-33-49(85-32-67-33)35-14-15-36(30-66-52(76)43-28-37(75)31-74(43)53(77)50(57(2,3)4)70-54(78)58(61)20-21-58)45(27-35)81-25-7-6-8-26-82-56-72-51(34-18-23-64-24-19-34)71-55(73-56)69-42-29-38(86(5,79)80)16-17-41(42)68-46(47-40(60)12-10-22-65-47)39-11-9-13-44-48(39)84-59(62,63)83-44/h9-17,22,27,29,32,34,37,43,46,50,52,64,66,68,75-76H,6-8,18-21,23-26,28,30-31H2,1-5H3,(H,70,78)(H,69,71,72,73)/t37-,43+,46+,50-,52?/m1/s1. The Morgan fingerprint density at radius 1 is 0.953 bits per heavy atom. The summed E-state index contributed by atoms with van der Waals surface area (Å²) in [6, 6.07) is 14.8. The smallest absolute Gasteiger partial charge is 0.493 e. The minimum atomic E-state index is -3.94. The van der Waals surface area contributed by atoms with Crippen molar-refractivity contribution in [2.24, 2.45) is 5.41 Å². The van der Waals surface area contributed by atoms with Gasteiger partial charge in [-0.15, -0.1) is 20.1 Å². The van der Waals surface area contributed by atoms with Gasteiger partial charge in [-0.05, 0) is 125 Å². The van der Waals surface area contributed by atoms with Crippen molar-refractivity contribution < 1.29 is 60.3 Å². The first-order valence-corrected chi connectivity index (χ1v) is 31.6. The summed E-state index contributed by atoms with van der Waals surface area (Å²) in [4.78, 5) is 52.3. The number of benzene rings is 3. The zero-order valence-corrected chi connectivity index (χ0v) is 50.4. The van der Waals surface area contributed by atoms with Crippen molar-refractivity contribution in [3.05, 3.63) is 112 Å². The number of fused-ring (bicyclic) bond motifs is 1. The topological polar surface area (TPSA) is 273 Å². The van der Waals surface area contributed by atoms with Crippen molar-refractivity contribution in [3.8, 4) is 33.7 Å². The number of rotatable bonds is 24. The van der Waals surface area contributed by atoms with Gasteiger partial charge < -0.3 is 55.3 Å². The van der Waals surface area contributed by atoms with Crippen molar-refractivity contribution in [2.45, 2.75) is 139 Å². The van der Waals surface area contributed by atoms with Gasteiger partial charge in [0.1, 0.15) is 23.8 Å². The van der Waals surface area contributed by atoms with Crippen LogP contribution in [0.5, 0.6) is 23.3 Å². The summed E-state index contributed by atoms with van der Waals surface area (Å²) in [5.41, 5.74) is 2.38. The lowest BCUT2D eigenvalue weighted by atomic mass is 9.85. The van der Waals surface area contributed by atoms with E-state index in [4.69, 9.17) is 40.5 Å². The summed E-state index contributed by atoms with van der Waals surface area (Å²) >= 11 is 8.21. The van der Waals surface area contributed by atoms with Crippen LogP contribution in [0.15, 0.2) is 83.3 Å². The number of anilines is 3. The Kier molecular flexibility index (Phi) is 18.6. The number of pyridine rings is 1. The average molecular weight is 1250 g/mol. The molecule has 1 unspecified atom stereocenters. The first-order valence-electron chi connectivity index (χ1n) is 28.5. The molecule has 5 atom stereocenters. The van der Waals surface area contributed by atoms with E-state index in [9.17, 15) is 41.4 Å². The molecule has 7 N–H and O–H groups in total. The Bertz CT molecular complexity index is 3550. The van der Waals surface area contributed by atoms with Crippen molar-refractivity contribution in [1.82, 2.24) is 45.8 Å². The number of carbonyl (C=O) groups excluding carboxylic acids is 2. The van der Waals surface area contributed by atoms with E-state index in [0.717, 1.165) is 53.9 Å². The van der Waals surface area contributed by atoms with Gasteiger partial charge in [-0.3, -0.25) is 19.9 Å². The first kappa shape index (κ1) is 62.1. The molecule has 6 aromatic rings. The minimum Gasteiger partial charge on any atom is -0.493 e. The Morgan fingerprint density at radius 2 is 1.72 bits per heavy atom. The maximum absolute atomic E-state index is 14.8. The van der Waals surface area contributed by atoms with Crippen LogP contribution in [0.2, 0.25) is 5.02 Å². The molecule has 27 heteroatoms. The number of halogens is 4. The number of piperidine rings is 1. The third-order valence-corrected chi connectivity index (χ3v) is 17.8. The Balaban J connectivity index is 0.817. The van der Waals surface area contributed by atoms with E-state index in [1.807, 2.05) is 25.1 Å². The summed E-state index contributed by atoms with van der Waals surface area (Å²) in [6.45, 7) is 9.26. The number of amides is 2. The molecule has 10 rings (SSSR count). The molecular formula is C59H69ClF3N11O10S2. The number of β-amino-alcohol motifs (C(OH)–C–C–N with tert-alkyl or cyclic N) is 1. The van der Waals surface area contributed by atoms with Crippen LogP contribution < -0.4 is 45.5 Å². The molecule has 3 aromatic carbocycles. The zero-order valence-electron chi connectivity index (χ0n) is 48.0. The predicted octanol–water partition coefficient (Wildman–Crippen LogP) is 8.52. The molecule has 4 aliphatic rings. The molecule has 6 heterocycles. The van der Waals surface area contributed by atoms with Crippen LogP contribution >= 0.6 is 22.9 Å². The van der Waals surface area contributed by atoms with Crippen LogP contribution in [0.1, 0.15) is 112 Å². The summed E-state index contributed by atoms with van der Waals surface area (Å²) < 4.78 is 92.4. The number of aliphatic hydroxyl groups is 2. The molecular weight excluding hydrogens is 1180 g/mol. The number of hydrogen-bond acceptors (Lipinski definition) is 20. The molecule has 2 amide bonds. The number of aliphatic hydroxyl groups excluding tert-OH is 2. The van der Waals surface area contributed by atoms with E-state index in [2.05, 4.69) is 41.5 Å². The lowest BCUT2D eigenvalue weighted by Gasteiger charge is -2.37. The second-order valence-corrected chi connectivity index (χ2v) is 26.4. The summed E-state index contributed by atoms with van der Waals surface area (Å²) in [6.07, 6.45) is -0.0205. The molecule has 0 radical (unpaired) electrons. The molecule has 86 heavy (non-hydrogen) atoms. The minimum absolute atomic E-state index is 0.0373. The van der Waals surface area contributed by atoms with Gasteiger partial charge in [0.05, 0.1) is 74.5 Å². The molecule has 3 aromatic heterocycles. The third kappa shape index (κ3) is 14.7. The van der Waals surface area contributed by atoms with Crippen LogP contribution in [-0.4, -0.2) is 136 Å². The maximum Gasteiger partial charge on any atom is 0.586 e. The molecule has 1 aliphatic carbocycles. The van der Waals surface area contributed by atoms with Crippen LogP contribution in [-0.2, 0) is 26.0 Å². The highest BCUT2D eigenvalue weighted by atomic mass is 35.5. The first-order chi connectivity index (χ1) is 40.9. The van der Waals surface area contributed by atoms with E-state index < -0.39 is 69.5 Å². The highest BCUT2D eigenvalue weighted by molar-refractivity contribution is 7.90. The largest absolute Gasteiger partial charge is 0.586 e. The molecule has 1 saturated carbocycles. The molecule has 21 nitrogen and oxygen atoms in total. The van der Waals surface area contributed by atoms with Gasteiger partial charge >= 0.3 is 12.3 Å². The fraction of sp³-hybridized carbons (Fsp3) is 0.475. The van der Waals surface area contributed by atoms with Gasteiger partial charge in [0.2, 0.25) is 11.9 Å².